The van der Waals surface area contributed by atoms with Gasteiger partial charge in [-0.3, -0.25) is 9.52 Å². The Kier molecular flexibility index (Phi) is 4.50. The fraction of sp³-hybridized carbons (Fsp3) is 0.308. The summed E-state index contributed by atoms with van der Waals surface area (Å²) in [6.45, 7) is 2.18. The van der Waals surface area contributed by atoms with Crippen molar-refractivity contribution < 1.29 is 8.42 Å². The number of hydrogen-bond acceptors (Lipinski definition) is 5. The number of nitrogens with zero attached hydrogens (tertiary/aromatic N) is 1. The number of benzene rings is 1. The number of rotatable bonds is 5. The molecule has 0 bridgehead atoms. The van der Waals surface area contributed by atoms with Crippen molar-refractivity contribution in [2.24, 2.45) is 0 Å². The zero-order chi connectivity index (χ0) is 15.6. The van der Waals surface area contributed by atoms with Crippen molar-refractivity contribution in [1.82, 2.24) is 9.88 Å². The van der Waals surface area contributed by atoms with E-state index in [0.29, 0.717) is 29.3 Å². The number of anilines is 1. The van der Waals surface area contributed by atoms with Crippen LogP contribution in [0.4, 0.5) is 5.69 Å². The number of thiazole rings is 1. The summed E-state index contributed by atoms with van der Waals surface area (Å²) in [5, 5.41) is 0. The Hall–Kier alpha value is -1.64. The van der Waals surface area contributed by atoms with Crippen LogP contribution in [0.15, 0.2) is 33.3 Å². The second-order valence-corrected chi connectivity index (χ2v) is 7.79. The molecule has 6 nitrogen and oxygen atoms in total. The summed E-state index contributed by atoms with van der Waals surface area (Å²) in [5.41, 5.74) is 1.74. The fourth-order valence-electron chi connectivity index (χ4n) is 1.94. The molecule has 1 aromatic heterocycles. The van der Waals surface area contributed by atoms with Crippen LogP contribution >= 0.6 is 11.3 Å². The lowest BCUT2D eigenvalue weighted by Gasteiger charge is -2.15. The van der Waals surface area contributed by atoms with Crippen LogP contribution in [0.2, 0.25) is 0 Å². The maximum atomic E-state index is 12.4. The summed E-state index contributed by atoms with van der Waals surface area (Å²) in [6, 6.07) is 7.20. The van der Waals surface area contributed by atoms with Gasteiger partial charge in [-0.15, -0.1) is 0 Å². The Morgan fingerprint density at radius 3 is 2.52 bits per heavy atom. The van der Waals surface area contributed by atoms with Crippen molar-refractivity contribution in [3.05, 3.63) is 45.2 Å². The normalized spacial score (nSPS) is 11.8. The number of nitrogens with one attached hydrogen (secondary N) is 2. The molecule has 2 N–H and O–H groups in total. The van der Waals surface area contributed by atoms with Crippen LogP contribution < -0.4 is 9.60 Å². The molecule has 21 heavy (non-hydrogen) atoms. The summed E-state index contributed by atoms with van der Waals surface area (Å²) in [7, 11) is 0.0575. The highest BCUT2D eigenvalue weighted by Gasteiger charge is 2.21. The van der Waals surface area contributed by atoms with Crippen LogP contribution in [0.25, 0.3) is 0 Å². The molecular weight excluding hydrogens is 310 g/mol. The highest BCUT2D eigenvalue weighted by Crippen LogP contribution is 2.23. The Labute approximate surface area is 127 Å². The molecule has 0 spiro atoms. The van der Waals surface area contributed by atoms with Gasteiger partial charge < -0.3 is 9.88 Å². The van der Waals surface area contributed by atoms with E-state index < -0.39 is 10.0 Å². The van der Waals surface area contributed by atoms with E-state index in [-0.39, 0.29) is 9.08 Å². The maximum absolute atomic E-state index is 12.4. The van der Waals surface area contributed by atoms with Gasteiger partial charge in [0.2, 0.25) is 0 Å². The van der Waals surface area contributed by atoms with E-state index in [1.165, 1.54) is 0 Å². The second kappa shape index (κ2) is 6.00. The van der Waals surface area contributed by atoms with Gasteiger partial charge in [-0.1, -0.05) is 29.5 Å². The van der Waals surface area contributed by atoms with Gasteiger partial charge in [0, 0.05) is 12.2 Å². The predicted octanol–water partition coefficient (Wildman–Crippen LogP) is 1.61. The van der Waals surface area contributed by atoms with Crippen molar-refractivity contribution in [3.8, 4) is 0 Å². The highest BCUT2D eigenvalue weighted by molar-refractivity contribution is 7.94. The number of aromatic amines is 1. The molecule has 0 aliphatic heterocycles. The number of aryl methyl sites for hydroxylation is 1. The molecule has 0 atom stereocenters. The third-order valence-corrected chi connectivity index (χ3v) is 5.74. The monoisotopic (exact) mass is 327 g/mol. The topological polar surface area (TPSA) is 82.3 Å². The summed E-state index contributed by atoms with van der Waals surface area (Å²) in [6.07, 6.45) is 0. The van der Waals surface area contributed by atoms with Gasteiger partial charge in [-0.2, -0.15) is 0 Å². The molecule has 114 valence electrons. The first kappa shape index (κ1) is 15.7. The van der Waals surface area contributed by atoms with E-state index in [1.807, 2.05) is 31.1 Å². The molecule has 0 saturated heterocycles. The van der Waals surface area contributed by atoms with Crippen LogP contribution in [0, 0.1) is 6.92 Å². The average Bonchev–Trinajstić information content (AvgIpc) is 2.71. The highest BCUT2D eigenvalue weighted by atomic mass is 32.2. The van der Waals surface area contributed by atoms with Crippen LogP contribution in [0.1, 0.15) is 11.3 Å². The van der Waals surface area contributed by atoms with E-state index in [1.54, 1.807) is 19.1 Å². The fourth-order valence-corrected chi connectivity index (χ4v) is 4.34. The van der Waals surface area contributed by atoms with Crippen LogP contribution in [-0.4, -0.2) is 32.4 Å². The Bertz CT molecular complexity index is 791. The molecule has 0 amide bonds. The molecule has 2 aromatic rings. The standard InChI is InChI=1S/C13H17N3O3S2/c1-9-12(20-13(17)14-9)21(18,19)15-11-7-5-4-6-10(11)8-16(2)3/h4-7,15H,8H2,1-3H3,(H,14,17). The van der Waals surface area contributed by atoms with Gasteiger partial charge in [-0.05, 0) is 32.6 Å². The number of sulfonamides is 1. The van der Waals surface area contributed by atoms with Crippen molar-refractivity contribution in [2.75, 3.05) is 18.8 Å². The lowest BCUT2D eigenvalue weighted by Crippen LogP contribution is -2.17. The molecule has 8 heteroatoms. The van der Waals surface area contributed by atoms with Gasteiger partial charge in [0.25, 0.3) is 10.0 Å². The molecule has 0 aliphatic carbocycles. The van der Waals surface area contributed by atoms with Crippen LogP contribution in [0.3, 0.4) is 0 Å². The van der Waals surface area contributed by atoms with Crippen molar-refractivity contribution in [2.45, 2.75) is 17.7 Å². The minimum atomic E-state index is -3.76. The van der Waals surface area contributed by atoms with E-state index in [2.05, 4.69) is 9.71 Å². The first-order valence-corrected chi connectivity index (χ1v) is 8.55. The largest absolute Gasteiger partial charge is 0.315 e. The van der Waals surface area contributed by atoms with E-state index in [9.17, 15) is 13.2 Å². The van der Waals surface area contributed by atoms with E-state index >= 15 is 0 Å². The summed E-state index contributed by atoms with van der Waals surface area (Å²) < 4.78 is 27.4. The minimum Gasteiger partial charge on any atom is -0.315 e. The molecule has 2 rings (SSSR count). The predicted molar refractivity (Wildman–Crippen MR) is 84.3 cm³/mol. The minimum absolute atomic E-state index is 0.0205. The zero-order valence-electron chi connectivity index (χ0n) is 12.0. The number of H-pyrrole nitrogens is 1. The smallest absolute Gasteiger partial charge is 0.306 e. The zero-order valence-corrected chi connectivity index (χ0v) is 13.6. The van der Waals surface area contributed by atoms with Gasteiger partial charge in [0.1, 0.15) is 0 Å². The quantitative estimate of drug-likeness (QED) is 0.874. The van der Waals surface area contributed by atoms with E-state index in [4.69, 9.17) is 0 Å². The molecule has 1 aromatic carbocycles. The lowest BCUT2D eigenvalue weighted by atomic mass is 10.2. The third kappa shape index (κ3) is 3.72. The van der Waals surface area contributed by atoms with Crippen molar-refractivity contribution >= 4 is 27.0 Å². The summed E-state index contributed by atoms with van der Waals surface area (Å²) in [5.74, 6) is 0. The second-order valence-electron chi connectivity index (χ2n) is 4.93. The Morgan fingerprint density at radius 1 is 1.29 bits per heavy atom. The van der Waals surface area contributed by atoms with Gasteiger partial charge in [-0.25, -0.2) is 8.42 Å². The summed E-state index contributed by atoms with van der Waals surface area (Å²) >= 11 is 0.688. The molecule has 0 unspecified atom stereocenters. The van der Waals surface area contributed by atoms with Gasteiger partial charge in [0.15, 0.2) is 4.21 Å². The Balaban J connectivity index is 2.37. The molecule has 0 aliphatic rings. The molecular formula is C13H17N3O3S2. The van der Waals surface area contributed by atoms with Crippen molar-refractivity contribution in [3.63, 3.8) is 0 Å². The molecule has 0 radical (unpaired) electrons. The maximum Gasteiger partial charge on any atom is 0.306 e. The summed E-state index contributed by atoms with van der Waals surface area (Å²) in [4.78, 5) is 15.3. The van der Waals surface area contributed by atoms with Crippen LogP contribution in [0.5, 0.6) is 0 Å². The van der Waals surface area contributed by atoms with Gasteiger partial charge in [0.05, 0.1) is 5.69 Å². The first-order chi connectivity index (χ1) is 9.79. The molecule has 1 heterocycles. The number of aromatic nitrogens is 1. The third-order valence-electron chi connectivity index (χ3n) is 2.77. The lowest BCUT2D eigenvalue weighted by molar-refractivity contribution is 0.403. The molecule has 0 saturated carbocycles. The molecule has 0 fully saturated rings. The Morgan fingerprint density at radius 2 is 1.95 bits per heavy atom. The van der Waals surface area contributed by atoms with Gasteiger partial charge >= 0.3 is 4.87 Å². The average molecular weight is 327 g/mol. The number of para-hydroxylation sites is 1. The van der Waals surface area contributed by atoms with Crippen molar-refractivity contribution in [1.29, 1.82) is 0 Å². The SMILES string of the molecule is Cc1[nH]c(=O)sc1S(=O)(=O)Nc1ccccc1CN(C)C. The first-order valence-electron chi connectivity index (χ1n) is 6.25. The van der Waals surface area contributed by atoms with Crippen LogP contribution in [-0.2, 0) is 16.6 Å². The number of hydrogen-bond donors (Lipinski definition) is 2. The van der Waals surface area contributed by atoms with E-state index in [0.717, 1.165) is 5.56 Å².